The van der Waals surface area contributed by atoms with Crippen LogP contribution >= 0.6 is 12.2 Å². The fraction of sp³-hybridized carbons (Fsp3) is 0.727. The van der Waals surface area contributed by atoms with Crippen molar-refractivity contribution in [2.45, 2.75) is 27.2 Å². The van der Waals surface area contributed by atoms with Crippen molar-refractivity contribution in [2.24, 2.45) is 5.92 Å². The van der Waals surface area contributed by atoms with E-state index in [4.69, 9.17) is 17.0 Å². The maximum atomic E-state index is 5.30. The zero-order chi connectivity index (χ0) is 11.0. The Morgan fingerprint density at radius 3 is 2.64 bits per heavy atom. The highest BCUT2D eigenvalue weighted by Crippen LogP contribution is 2.04. The molecule has 0 aliphatic carbocycles. The van der Waals surface area contributed by atoms with Gasteiger partial charge in [-0.2, -0.15) is 0 Å². The number of thiocarbonyl (C=S) groups is 1. The number of rotatable bonds is 6. The summed E-state index contributed by atoms with van der Waals surface area (Å²) in [5.74, 6) is 0.687. The lowest BCUT2D eigenvalue weighted by atomic mass is 10.1. The van der Waals surface area contributed by atoms with E-state index in [2.05, 4.69) is 20.4 Å². The summed E-state index contributed by atoms with van der Waals surface area (Å²) in [6.07, 6.45) is 2.98. The van der Waals surface area contributed by atoms with E-state index in [-0.39, 0.29) is 0 Å². The molecular formula is C11H21NOS. The molecule has 0 heterocycles. The van der Waals surface area contributed by atoms with Gasteiger partial charge in [0.2, 0.25) is 0 Å². The molecule has 0 aliphatic heterocycles. The molecule has 0 amide bonds. The average molecular weight is 215 g/mol. The van der Waals surface area contributed by atoms with E-state index < -0.39 is 0 Å². The first kappa shape index (κ1) is 13.4. The van der Waals surface area contributed by atoms with E-state index in [0.29, 0.717) is 17.7 Å². The van der Waals surface area contributed by atoms with Crippen LogP contribution in [0.15, 0.2) is 12.7 Å². The van der Waals surface area contributed by atoms with Gasteiger partial charge in [-0.1, -0.05) is 19.9 Å². The second kappa shape index (κ2) is 7.80. The minimum atomic E-state index is 0.591. The Morgan fingerprint density at radius 2 is 2.21 bits per heavy atom. The Hall–Kier alpha value is -0.570. The van der Waals surface area contributed by atoms with Crippen LogP contribution in [-0.2, 0) is 4.74 Å². The van der Waals surface area contributed by atoms with E-state index in [1.807, 2.05) is 17.9 Å². The second-order valence-corrected chi connectivity index (χ2v) is 3.97. The Balaban J connectivity index is 3.99. The summed E-state index contributed by atoms with van der Waals surface area (Å²) >= 11 is 5.15. The fourth-order valence-corrected chi connectivity index (χ4v) is 1.33. The van der Waals surface area contributed by atoms with Crippen LogP contribution < -0.4 is 0 Å². The molecule has 14 heavy (non-hydrogen) atoms. The summed E-state index contributed by atoms with van der Waals surface area (Å²) in [5.41, 5.74) is 0. The van der Waals surface area contributed by atoms with E-state index in [1.54, 1.807) is 0 Å². The molecule has 0 fully saturated rings. The van der Waals surface area contributed by atoms with E-state index >= 15 is 0 Å². The molecule has 0 atom stereocenters. The molecule has 0 rings (SSSR count). The lowest BCUT2D eigenvalue weighted by Gasteiger charge is -2.23. The van der Waals surface area contributed by atoms with Crippen molar-refractivity contribution in [3.63, 3.8) is 0 Å². The molecule has 82 valence electrons. The van der Waals surface area contributed by atoms with Gasteiger partial charge in [0.1, 0.15) is 0 Å². The van der Waals surface area contributed by atoms with Crippen molar-refractivity contribution in [3.05, 3.63) is 12.7 Å². The van der Waals surface area contributed by atoms with Crippen LogP contribution in [0.25, 0.3) is 0 Å². The Morgan fingerprint density at radius 1 is 1.57 bits per heavy atom. The molecule has 0 unspecified atom stereocenters. The molecule has 0 saturated carbocycles. The Bertz CT molecular complexity index is 180. The summed E-state index contributed by atoms with van der Waals surface area (Å²) in [7, 11) is 0. The molecule has 0 saturated heterocycles. The van der Waals surface area contributed by atoms with Crippen LogP contribution in [0.4, 0.5) is 0 Å². The number of nitrogens with zero attached hydrogens (tertiary/aromatic N) is 1. The van der Waals surface area contributed by atoms with Crippen molar-refractivity contribution in [1.29, 1.82) is 0 Å². The molecule has 0 aromatic heterocycles. The van der Waals surface area contributed by atoms with Gasteiger partial charge in [-0.05, 0) is 31.5 Å². The zero-order valence-electron chi connectivity index (χ0n) is 9.45. The van der Waals surface area contributed by atoms with Crippen LogP contribution in [0.3, 0.4) is 0 Å². The maximum Gasteiger partial charge on any atom is 0.259 e. The van der Waals surface area contributed by atoms with E-state index in [1.165, 1.54) is 0 Å². The molecule has 0 aromatic carbocycles. The molecule has 0 bridgehead atoms. The molecule has 0 aromatic rings. The third-order valence-electron chi connectivity index (χ3n) is 1.85. The lowest BCUT2D eigenvalue weighted by molar-refractivity contribution is 0.257. The van der Waals surface area contributed by atoms with Gasteiger partial charge in [0.15, 0.2) is 0 Å². The predicted octanol–water partition coefficient (Wildman–Crippen LogP) is 2.84. The SMILES string of the molecule is C=CCN(CCC(C)C)C(=S)OCC. The first-order chi connectivity index (χ1) is 6.61. The van der Waals surface area contributed by atoms with Gasteiger partial charge in [-0.3, -0.25) is 0 Å². The highest BCUT2D eigenvalue weighted by Gasteiger charge is 2.08. The van der Waals surface area contributed by atoms with Gasteiger partial charge in [0, 0.05) is 13.1 Å². The monoisotopic (exact) mass is 215 g/mol. The lowest BCUT2D eigenvalue weighted by Crippen LogP contribution is -2.33. The largest absolute Gasteiger partial charge is 0.471 e. The Labute approximate surface area is 92.9 Å². The van der Waals surface area contributed by atoms with Gasteiger partial charge in [0.25, 0.3) is 5.17 Å². The van der Waals surface area contributed by atoms with E-state index in [9.17, 15) is 0 Å². The van der Waals surface area contributed by atoms with Crippen LogP contribution in [0.1, 0.15) is 27.2 Å². The molecular weight excluding hydrogens is 194 g/mol. The molecule has 0 aliphatic rings. The number of ether oxygens (including phenoxy) is 1. The van der Waals surface area contributed by atoms with Gasteiger partial charge in [0.05, 0.1) is 6.61 Å². The smallest absolute Gasteiger partial charge is 0.259 e. The molecule has 0 N–H and O–H groups in total. The molecule has 2 nitrogen and oxygen atoms in total. The average Bonchev–Trinajstić information content (AvgIpc) is 2.12. The first-order valence-electron chi connectivity index (χ1n) is 5.14. The minimum Gasteiger partial charge on any atom is -0.471 e. The third kappa shape index (κ3) is 5.97. The molecule has 3 heteroatoms. The molecule has 0 spiro atoms. The normalized spacial score (nSPS) is 10.0. The van der Waals surface area contributed by atoms with Crippen LogP contribution in [0.2, 0.25) is 0 Å². The van der Waals surface area contributed by atoms with Crippen molar-refractivity contribution < 1.29 is 4.74 Å². The van der Waals surface area contributed by atoms with Gasteiger partial charge in [-0.15, -0.1) is 6.58 Å². The highest BCUT2D eigenvalue weighted by molar-refractivity contribution is 7.80. The summed E-state index contributed by atoms with van der Waals surface area (Å²) in [6, 6.07) is 0. The van der Waals surface area contributed by atoms with Crippen molar-refractivity contribution in [1.82, 2.24) is 4.90 Å². The predicted molar refractivity (Wildman–Crippen MR) is 65.4 cm³/mol. The zero-order valence-corrected chi connectivity index (χ0v) is 10.3. The fourth-order valence-electron chi connectivity index (χ4n) is 1.04. The van der Waals surface area contributed by atoms with Crippen LogP contribution in [0, 0.1) is 5.92 Å². The maximum absolute atomic E-state index is 5.30. The number of hydrogen-bond acceptors (Lipinski definition) is 2. The topological polar surface area (TPSA) is 12.5 Å². The summed E-state index contributed by atoms with van der Waals surface area (Å²) in [4.78, 5) is 2.05. The molecule has 0 radical (unpaired) electrons. The standard InChI is InChI=1S/C11H21NOS/c1-5-8-12(9-7-10(3)4)11(14)13-6-2/h5,10H,1,6-9H2,2-4H3. The third-order valence-corrected chi connectivity index (χ3v) is 2.23. The van der Waals surface area contributed by atoms with Crippen LogP contribution in [-0.4, -0.2) is 29.8 Å². The van der Waals surface area contributed by atoms with Gasteiger partial charge < -0.3 is 9.64 Å². The van der Waals surface area contributed by atoms with E-state index in [0.717, 1.165) is 19.5 Å². The summed E-state index contributed by atoms with van der Waals surface area (Å²) in [5, 5.41) is 0.591. The Kier molecular flexibility index (Phi) is 7.48. The van der Waals surface area contributed by atoms with Gasteiger partial charge in [-0.25, -0.2) is 0 Å². The first-order valence-corrected chi connectivity index (χ1v) is 5.55. The quantitative estimate of drug-likeness (QED) is 0.499. The second-order valence-electron chi connectivity index (χ2n) is 3.62. The summed E-state index contributed by atoms with van der Waals surface area (Å²) < 4.78 is 5.30. The van der Waals surface area contributed by atoms with Crippen LogP contribution in [0.5, 0.6) is 0 Å². The van der Waals surface area contributed by atoms with Crippen molar-refractivity contribution in [2.75, 3.05) is 19.7 Å². The van der Waals surface area contributed by atoms with Crippen molar-refractivity contribution in [3.8, 4) is 0 Å². The number of hydrogen-bond donors (Lipinski definition) is 0. The van der Waals surface area contributed by atoms with Gasteiger partial charge >= 0.3 is 0 Å². The highest BCUT2D eigenvalue weighted by atomic mass is 32.1. The summed E-state index contributed by atoms with van der Waals surface area (Å²) in [6.45, 7) is 12.4. The van der Waals surface area contributed by atoms with Crippen molar-refractivity contribution >= 4 is 17.4 Å². The minimum absolute atomic E-state index is 0.591.